The number of hydrogen-bond donors (Lipinski definition) is 1. The predicted molar refractivity (Wildman–Crippen MR) is 73.2 cm³/mol. The standard InChI is InChI=1S/C15H23NO2/c1-4-5-11-8-14(11)16-10-12-6-7-13(17-2)9-15(12)18-3/h6-7,9,11,14,16H,4-5,8,10H2,1-3H3. The molecule has 3 heteroatoms. The molecule has 1 saturated carbocycles. The monoisotopic (exact) mass is 249 g/mol. The Hall–Kier alpha value is -1.22. The molecule has 0 heterocycles. The Kier molecular flexibility index (Phi) is 4.48. The molecule has 0 bridgehead atoms. The van der Waals surface area contributed by atoms with Gasteiger partial charge in [0.2, 0.25) is 0 Å². The zero-order chi connectivity index (χ0) is 13.0. The molecule has 0 spiro atoms. The lowest BCUT2D eigenvalue weighted by Gasteiger charge is -2.11. The number of methoxy groups -OCH3 is 2. The molecule has 2 atom stereocenters. The van der Waals surface area contributed by atoms with Crippen LogP contribution in [0.1, 0.15) is 31.7 Å². The zero-order valence-corrected chi connectivity index (χ0v) is 11.5. The van der Waals surface area contributed by atoms with Crippen LogP contribution in [0.5, 0.6) is 11.5 Å². The fraction of sp³-hybridized carbons (Fsp3) is 0.600. The van der Waals surface area contributed by atoms with Gasteiger partial charge in [-0.3, -0.25) is 0 Å². The molecule has 0 saturated heterocycles. The molecule has 1 fully saturated rings. The second-order valence-corrected chi connectivity index (χ2v) is 4.95. The van der Waals surface area contributed by atoms with Crippen LogP contribution in [0.4, 0.5) is 0 Å². The number of nitrogens with one attached hydrogen (secondary N) is 1. The lowest BCUT2D eigenvalue weighted by atomic mass is 10.2. The first-order chi connectivity index (χ1) is 8.78. The van der Waals surface area contributed by atoms with Gasteiger partial charge in [0.05, 0.1) is 14.2 Å². The summed E-state index contributed by atoms with van der Waals surface area (Å²) in [4.78, 5) is 0. The van der Waals surface area contributed by atoms with Crippen molar-refractivity contribution in [3.8, 4) is 11.5 Å². The van der Waals surface area contributed by atoms with E-state index in [0.717, 1.165) is 24.0 Å². The first-order valence-corrected chi connectivity index (χ1v) is 6.72. The summed E-state index contributed by atoms with van der Waals surface area (Å²) >= 11 is 0. The van der Waals surface area contributed by atoms with Crippen LogP contribution in [0.2, 0.25) is 0 Å². The van der Waals surface area contributed by atoms with E-state index in [0.29, 0.717) is 6.04 Å². The van der Waals surface area contributed by atoms with E-state index in [4.69, 9.17) is 9.47 Å². The van der Waals surface area contributed by atoms with E-state index in [2.05, 4.69) is 18.3 Å². The summed E-state index contributed by atoms with van der Waals surface area (Å²) in [5.41, 5.74) is 1.19. The van der Waals surface area contributed by atoms with E-state index >= 15 is 0 Å². The Morgan fingerprint density at radius 2 is 2.11 bits per heavy atom. The van der Waals surface area contributed by atoms with Gasteiger partial charge in [-0.15, -0.1) is 0 Å². The van der Waals surface area contributed by atoms with Gasteiger partial charge in [-0.05, 0) is 24.8 Å². The number of benzene rings is 1. The quantitative estimate of drug-likeness (QED) is 0.806. The van der Waals surface area contributed by atoms with Crippen LogP contribution in [0, 0.1) is 5.92 Å². The second kappa shape index (κ2) is 6.10. The maximum absolute atomic E-state index is 5.39. The van der Waals surface area contributed by atoms with Crippen molar-refractivity contribution in [1.29, 1.82) is 0 Å². The first kappa shape index (κ1) is 13.2. The van der Waals surface area contributed by atoms with Crippen molar-refractivity contribution in [2.75, 3.05) is 14.2 Å². The molecular weight excluding hydrogens is 226 g/mol. The minimum absolute atomic E-state index is 0.705. The largest absolute Gasteiger partial charge is 0.497 e. The smallest absolute Gasteiger partial charge is 0.127 e. The topological polar surface area (TPSA) is 30.5 Å². The average Bonchev–Trinajstić information content (AvgIpc) is 3.15. The van der Waals surface area contributed by atoms with Crippen LogP contribution in [0.15, 0.2) is 18.2 Å². The first-order valence-electron chi connectivity index (χ1n) is 6.72. The van der Waals surface area contributed by atoms with Gasteiger partial charge in [0.25, 0.3) is 0 Å². The van der Waals surface area contributed by atoms with Crippen molar-refractivity contribution < 1.29 is 9.47 Å². The van der Waals surface area contributed by atoms with Crippen molar-refractivity contribution >= 4 is 0 Å². The Morgan fingerprint density at radius 1 is 1.28 bits per heavy atom. The minimum atomic E-state index is 0.705. The maximum atomic E-state index is 5.39. The van der Waals surface area contributed by atoms with Gasteiger partial charge in [-0.25, -0.2) is 0 Å². The third kappa shape index (κ3) is 3.16. The summed E-state index contributed by atoms with van der Waals surface area (Å²) < 4.78 is 10.6. The van der Waals surface area contributed by atoms with Gasteiger partial charge in [-0.2, -0.15) is 0 Å². The van der Waals surface area contributed by atoms with Crippen LogP contribution in [0.3, 0.4) is 0 Å². The summed E-state index contributed by atoms with van der Waals surface area (Å²) in [5, 5.41) is 3.60. The van der Waals surface area contributed by atoms with Crippen molar-refractivity contribution in [3.05, 3.63) is 23.8 Å². The highest BCUT2D eigenvalue weighted by Crippen LogP contribution is 2.35. The van der Waals surface area contributed by atoms with Gasteiger partial charge in [0.1, 0.15) is 11.5 Å². The van der Waals surface area contributed by atoms with Crippen molar-refractivity contribution in [2.24, 2.45) is 5.92 Å². The fourth-order valence-electron chi connectivity index (χ4n) is 2.43. The predicted octanol–water partition coefficient (Wildman–Crippen LogP) is 2.98. The Morgan fingerprint density at radius 3 is 2.78 bits per heavy atom. The summed E-state index contributed by atoms with van der Waals surface area (Å²) in [7, 11) is 3.38. The van der Waals surface area contributed by atoms with Crippen molar-refractivity contribution in [2.45, 2.75) is 38.8 Å². The molecule has 2 unspecified atom stereocenters. The molecular formula is C15H23NO2. The summed E-state index contributed by atoms with van der Waals surface area (Å²) in [6.07, 6.45) is 3.96. The Bertz CT molecular complexity index is 392. The Balaban J connectivity index is 1.89. The summed E-state index contributed by atoms with van der Waals surface area (Å²) in [6, 6.07) is 6.70. The van der Waals surface area contributed by atoms with E-state index in [1.165, 1.54) is 24.8 Å². The van der Waals surface area contributed by atoms with E-state index in [9.17, 15) is 0 Å². The molecule has 1 aromatic rings. The molecule has 0 amide bonds. The van der Waals surface area contributed by atoms with Gasteiger partial charge >= 0.3 is 0 Å². The summed E-state index contributed by atoms with van der Waals surface area (Å²) in [5.74, 6) is 2.62. The minimum Gasteiger partial charge on any atom is -0.497 e. The highest BCUT2D eigenvalue weighted by atomic mass is 16.5. The zero-order valence-electron chi connectivity index (χ0n) is 11.5. The molecule has 1 aromatic carbocycles. The van der Waals surface area contributed by atoms with Gasteiger partial charge < -0.3 is 14.8 Å². The molecule has 1 aliphatic rings. The van der Waals surface area contributed by atoms with E-state index in [-0.39, 0.29) is 0 Å². The molecule has 0 aliphatic heterocycles. The third-order valence-corrected chi connectivity index (χ3v) is 3.63. The molecule has 0 radical (unpaired) electrons. The van der Waals surface area contributed by atoms with E-state index < -0.39 is 0 Å². The lowest BCUT2D eigenvalue weighted by Crippen LogP contribution is -2.18. The molecule has 100 valence electrons. The van der Waals surface area contributed by atoms with Crippen LogP contribution in [-0.2, 0) is 6.54 Å². The van der Waals surface area contributed by atoms with E-state index in [1.807, 2.05) is 12.1 Å². The SMILES string of the molecule is CCCC1CC1NCc1ccc(OC)cc1OC. The number of hydrogen-bond acceptors (Lipinski definition) is 3. The highest BCUT2D eigenvalue weighted by molar-refractivity contribution is 5.40. The van der Waals surface area contributed by atoms with Crippen LogP contribution < -0.4 is 14.8 Å². The molecule has 2 rings (SSSR count). The number of rotatable bonds is 7. The fourth-order valence-corrected chi connectivity index (χ4v) is 2.43. The van der Waals surface area contributed by atoms with Crippen molar-refractivity contribution in [1.82, 2.24) is 5.32 Å². The van der Waals surface area contributed by atoms with Gasteiger partial charge in [0, 0.05) is 24.2 Å². The van der Waals surface area contributed by atoms with Crippen LogP contribution in [0.25, 0.3) is 0 Å². The van der Waals surface area contributed by atoms with Crippen LogP contribution >= 0.6 is 0 Å². The molecule has 1 aliphatic carbocycles. The molecule has 18 heavy (non-hydrogen) atoms. The molecule has 1 N–H and O–H groups in total. The Labute approximate surface area is 109 Å². The third-order valence-electron chi connectivity index (χ3n) is 3.63. The normalized spacial score (nSPS) is 21.7. The van der Waals surface area contributed by atoms with Crippen LogP contribution in [-0.4, -0.2) is 20.3 Å². The van der Waals surface area contributed by atoms with Gasteiger partial charge in [0.15, 0.2) is 0 Å². The van der Waals surface area contributed by atoms with Gasteiger partial charge in [-0.1, -0.05) is 19.4 Å². The molecule has 3 nitrogen and oxygen atoms in total. The average molecular weight is 249 g/mol. The van der Waals surface area contributed by atoms with Crippen molar-refractivity contribution in [3.63, 3.8) is 0 Å². The second-order valence-electron chi connectivity index (χ2n) is 4.95. The maximum Gasteiger partial charge on any atom is 0.127 e. The van der Waals surface area contributed by atoms with E-state index in [1.54, 1.807) is 14.2 Å². The lowest BCUT2D eigenvalue weighted by molar-refractivity contribution is 0.389. The highest BCUT2D eigenvalue weighted by Gasteiger charge is 2.35. The molecule has 0 aromatic heterocycles. The number of ether oxygens (including phenoxy) is 2. The summed E-state index contributed by atoms with van der Waals surface area (Å²) in [6.45, 7) is 3.12.